The van der Waals surface area contributed by atoms with Crippen molar-refractivity contribution in [3.05, 3.63) is 71.0 Å². The van der Waals surface area contributed by atoms with Gasteiger partial charge in [-0.3, -0.25) is 0 Å². The van der Waals surface area contributed by atoms with Gasteiger partial charge in [0.15, 0.2) is 0 Å². The molecule has 0 aliphatic carbocycles. The summed E-state index contributed by atoms with van der Waals surface area (Å²) in [6.07, 6.45) is 1.18. The minimum Gasteiger partial charge on any atom is -0.395 e. The lowest BCUT2D eigenvalue weighted by Gasteiger charge is -2.10. The summed E-state index contributed by atoms with van der Waals surface area (Å²) in [5, 5.41) is 8.95. The Kier molecular flexibility index (Phi) is 4.66. The highest BCUT2D eigenvalue weighted by atomic mass is 19.1. The third kappa shape index (κ3) is 4.16. The van der Waals surface area contributed by atoms with Gasteiger partial charge in [0.1, 0.15) is 5.82 Å². The molecule has 2 nitrogen and oxygen atoms in total. The fourth-order valence-corrected chi connectivity index (χ4v) is 2.14. The van der Waals surface area contributed by atoms with E-state index in [2.05, 4.69) is 0 Å². The van der Waals surface area contributed by atoms with Crippen LogP contribution < -0.4 is 5.73 Å². The van der Waals surface area contributed by atoms with Gasteiger partial charge < -0.3 is 10.8 Å². The lowest BCUT2D eigenvalue weighted by Crippen LogP contribution is -2.26. The molecule has 1 atom stereocenters. The molecular formula is C16H18FNO. The van der Waals surface area contributed by atoms with E-state index in [4.69, 9.17) is 10.8 Å². The van der Waals surface area contributed by atoms with Gasteiger partial charge >= 0.3 is 0 Å². The van der Waals surface area contributed by atoms with Crippen molar-refractivity contribution >= 4 is 0 Å². The Balaban J connectivity index is 2.17. The molecule has 0 spiro atoms. The highest BCUT2D eigenvalue weighted by molar-refractivity contribution is 5.30. The van der Waals surface area contributed by atoms with E-state index in [1.165, 1.54) is 6.07 Å². The molecule has 0 unspecified atom stereocenters. The maximum Gasteiger partial charge on any atom is 0.123 e. The summed E-state index contributed by atoms with van der Waals surface area (Å²) in [4.78, 5) is 0. The molecule has 3 N–H and O–H groups in total. The van der Waals surface area contributed by atoms with Crippen LogP contribution in [0.3, 0.4) is 0 Å². The van der Waals surface area contributed by atoms with E-state index in [-0.39, 0.29) is 18.5 Å². The van der Waals surface area contributed by atoms with E-state index >= 15 is 0 Å². The van der Waals surface area contributed by atoms with E-state index in [9.17, 15) is 4.39 Å². The lowest BCUT2D eigenvalue weighted by atomic mass is 9.99. The molecule has 0 aliphatic rings. The van der Waals surface area contributed by atoms with Crippen LogP contribution in [0.5, 0.6) is 0 Å². The number of hydrogen-bond donors (Lipinski definition) is 2. The molecular weight excluding hydrogens is 241 g/mol. The van der Waals surface area contributed by atoms with Crippen LogP contribution in [0, 0.1) is 5.82 Å². The first-order chi connectivity index (χ1) is 9.17. The maximum absolute atomic E-state index is 13.6. The minimum atomic E-state index is -0.341. The Hall–Kier alpha value is -1.71. The Labute approximate surface area is 112 Å². The summed E-state index contributed by atoms with van der Waals surface area (Å²) in [5.41, 5.74) is 8.58. The molecule has 19 heavy (non-hydrogen) atoms. The molecule has 0 heterocycles. The van der Waals surface area contributed by atoms with E-state index in [1.54, 1.807) is 6.07 Å². The van der Waals surface area contributed by atoms with Crippen molar-refractivity contribution in [2.45, 2.75) is 18.9 Å². The van der Waals surface area contributed by atoms with Gasteiger partial charge in [0.25, 0.3) is 0 Å². The van der Waals surface area contributed by atoms with E-state index < -0.39 is 0 Å². The van der Waals surface area contributed by atoms with E-state index in [0.717, 1.165) is 16.7 Å². The molecule has 0 radical (unpaired) electrons. The van der Waals surface area contributed by atoms with Crippen LogP contribution in [0.4, 0.5) is 4.39 Å². The fraction of sp³-hybridized carbons (Fsp3) is 0.250. The number of hydrogen-bond acceptors (Lipinski definition) is 2. The van der Waals surface area contributed by atoms with Gasteiger partial charge in [0.05, 0.1) is 6.61 Å². The van der Waals surface area contributed by atoms with Crippen LogP contribution in [0.15, 0.2) is 48.5 Å². The van der Waals surface area contributed by atoms with Gasteiger partial charge in [-0.15, -0.1) is 0 Å². The lowest BCUT2D eigenvalue weighted by molar-refractivity contribution is 0.265. The second-order valence-electron chi connectivity index (χ2n) is 4.78. The first-order valence-corrected chi connectivity index (χ1v) is 6.36. The normalized spacial score (nSPS) is 12.4. The second kappa shape index (κ2) is 6.45. The predicted octanol–water partition coefficient (Wildman–Crippen LogP) is 2.28. The summed E-state index contributed by atoms with van der Waals surface area (Å²) >= 11 is 0. The Morgan fingerprint density at radius 3 is 2.37 bits per heavy atom. The van der Waals surface area contributed by atoms with Crippen LogP contribution in [0.25, 0.3) is 0 Å². The Bertz CT molecular complexity index is 528. The molecule has 2 aromatic carbocycles. The number of benzene rings is 2. The molecule has 2 aromatic rings. The number of halogens is 1. The van der Waals surface area contributed by atoms with E-state index in [1.807, 2.05) is 36.4 Å². The second-order valence-corrected chi connectivity index (χ2v) is 4.78. The van der Waals surface area contributed by atoms with E-state index in [0.29, 0.717) is 12.8 Å². The largest absolute Gasteiger partial charge is 0.395 e. The van der Waals surface area contributed by atoms with Crippen LogP contribution in [0.1, 0.15) is 16.7 Å². The number of aliphatic hydroxyl groups is 1. The summed E-state index contributed by atoms with van der Waals surface area (Å²) in [7, 11) is 0. The number of nitrogens with two attached hydrogens (primary N) is 1. The topological polar surface area (TPSA) is 46.2 Å². The molecule has 3 heteroatoms. The zero-order valence-electron chi connectivity index (χ0n) is 10.7. The van der Waals surface area contributed by atoms with Crippen LogP contribution >= 0.6 is 0 Å². The highest BCUT2D eigenvalue weighted by Gasteiger charge is 2.06. The summed E-state index contributed by atoms with van der Waals surface area (Å²) < 4.78 is 13.6. The van der Waals surface area contributed by atoms with Gasteiger partial charge in [-0.2, -0.15) is 0 Å². The Morgan fingerprint density at radius 2 is 1.68 bits per heavy atom. The Morgan fingerprint density at radius 1 is 1.00 bits per heavy atom. The molecule has 0 saturated heterocycles. The van der Waals surface area contributed by atoms with Crippen molar-refractivity contribution < 1.29 is 9.50 Å². The van der Waals surface area contributed by atoms with Crippen molar-refractivity contribution in [1.29, 1.82) is 0 Å². The fourth-order valence-electron chi connectivity index (χ4n) is 2.14. The van der Waals surface area contributed by atoms with Gasteiger partial charge in [-0.1, -0.05) is 36.4 Å². The maximum atomic E-state index is 13.6. The molecule has 0 fully saturated rings. The molecule has 0 saturated carbocycles. The molecule has 0 bridgehead atoms. The molecule has 0 amide bonds. The predicted molar refractivity (Wildman–Crippen MR) is 74.4 cm³/mol. The third-order valence-corrected chi connectivity index (χ3v) is 3.00. The van der Waals surface area contributed by atoms with Crippen molar-refractivity contribution in [3.8, 4) is 0 Å². The molecule has 100 valence electrons. The highest BCUT2D eigenvalue weighted by Crippen LogP contribution is 2.15. The van der Waals surface area contributed by atoms with Crippen molar-refractivity contribution in [3.63, 3.8) is 0 Å². The van der Waals surface area contributed by atoms with Crippen LogP contribution in [-0.4, -0.2) is 17.8 Å². The van der Waals surface area contributed by atoms with Crippen molar-refractivity contribution in [1.82, 2.24) is 0 Å². The monoisotopic (exact) mass is 259 g/mol. The van der Waals surface area contributed by atoms with Gasteiger partial charge in [0.2, 0.25) is 0 Å². The third-order valence-electron chi connectivity index (χ3n) is 3.00. The number of rotatable bonds is 5. The SMILES string of the molecule is N[C@H](CO)Cc1cc(F)cc(Cc2ccccc2)c1. The molecule has 0 aromatic heterocycles. The molecule has 0 aliphatic heterocycles. The molecule has 2 rings (SSSR count). The number of aliphatic hydroxyl groups excluding tert-OH is 1. The van der Waals surface area contributed by atoms with Crippen LogP contribution in [0.2, 0.25) is 0 Å². The minimum absolute atomic E-state index is 0.0927. The zero-order valence-corrected chi connectivity index (χ0v) is 10.7. The first kappa shape index (κ1) is 13.7. The summed E-state index contributed by atoms with van der Waals surface area (Å²) in [6, 6.07) is 14.6. The van der Waals surface area contributed by atoms with Gasteiger partial charge in [0, 0.05) is 6.04 Å². The average Bonchev–Trinajstić information content (AvgIpc) is 2.39. The first-order valence-electron chi connectivity index (χ1n) is 6.36. The smallest absolute Gasteiger partial charge is 0.123 e. The van der Waals surface area contributed by atoms with Gasteiger partial charge in [-0.25, -0.2) is 4.39 Å². The quantitative estimate of drug-likeness (QED) is 0.865. The zero-order chi connectivity index (χ0) is 13.7. The van der Waals surface area contributed by atoms with Crippen molar-refractivity contribution in [2.75, 3.05) is 6.61 Å². The summed E-state index contributed by atoms with van der Waals surface area (Å²) in [5.74, 6) is -0.256. The average molecular weight is 259 g/mol. The van der Waals surface area contributed by atoms with Crippen molar-refractivity contribution in [2.24, 2.45) is 5.73 Å². The standard InChI is InChI=1S/C16H18FNO/c17-15-8-13(6-12-4-2-1-3-5-12)7-14(9-15)10-16(18)11-19/h1-5,7-9,16,19H,6,10-11,18H2/t16-/m0/s1. The van der Waals surface area contributed by atoms with Crippen LogP contribution in [-0.2, 0) is 12.8 Å². The summed E-state index contributed by atoms with van der Waals surface area (Å²) in [6.45, 7) is -0.0927. The van der Waals surface area contributed by atoms with Gasteiger partial charge in [-0.05, 0) is 41.7 Å².